The van der Waals surface area contributed by atoms with Crippen LogP contribution in [0.2, 0.25) is 0 Å². The lowest BCUT2D eigenvalue weighted by molar-refractivity contribution is 1.18. The summed E-state index contributed by atoms with van der Waals surface area (Å²) in [6.07, 6.45) is 0. The third kappa shape index (κ3) is 4.23. The van der Waals surface area contributed by atoms with Crippen LogP contribution in [0.25, 0.3) is 38.6 Å². The van der Waals surface area contributed by atoms with E-state index >= 15 is 0 Å². The lowest BCUT2D eigenvalue weighted by atomic mass is 10.1. The van der Waals surface area contributed by atoms with Gasteiger partial charge in [-0.2, -0.15) is 0 Å². The van der Waals surface area contributed by atoms with E-state index in [1.807, 2.05) is 0 Å². The molecule has 0 saturated carbocycles. The van der Waals surface area contributed by atoms with E-state index in [0.29, 0.717) is 0 Å². The van der Waals surface area contributed by atoms with Gasteiger partial charge in [0.1, 0.15) is 0 Å². The van der Waals surface area contributed by atoms with Crippen LogP contribution in [-0.2, 0) is 0 Å². The number of hydrogen-bond acceptors (Lipinski definition) is 0. The van der Waals surface area contributed by atoms with Gasteiger partial charge >= 0.3 is 0 Å². The first-order valence-corrected chi connectivity index (χ1v) is 17.2. The molecule has 0 unspecified atom stereocenters. The Kier molecular flexibility index (Phi) is 6.55. The van der Waals surface area contributed by atoms with Crippen LogP contribution in [0.4, 0.5) is 0 Å². The zero-order chi connectivity index (χ0) is 29.3. The third-order valence-electron chi connectivity index (χ3n) is 8.95. The average Bonchev–Trinajstić information content (AvgIpc) is 3.45. The lowest BCUT2D eigenvalue weighted by Gasteiger charge is -2.34. The number of benzene rings is 7. The molecule has 0 aliphatic carbocycles. The molecule has 0 saturated heterocycles. The zero-order valence-electron chi connectivity index (χ0n) is 24.3. The van der Waals surface area contributed by atoms with Crippen molar-refractivity contribution in [3.63, 3.8) is 0 Å². The van der Waals surface area contributed by atoms with E-state index in [-0.39, 0.29) is 0 Å². The second-order valence-corrected chi connectivity index (χ2v) is 15.2. The Balaban J connectivity index is 1.29. The van der Waals surface area contributed by atoms with Gasteiger partial charge in [0.05, 0.1) is 11.0 Å². The molecule has 7 aromatic carbocycles. The molecule has 0 radical (unpaired) electrons. The van der Waals surface area contributed by atoms with Gasteiger partial charge in [0.25, 0.3) is 0 Å². The highest BCUT2D eigenvalue weighted by molar-refractivity contribution is 7.19. The van der Waals surface area contributed by atoms with Gasteiger partial charge in [-0.1, -0.05) is 164 Å². The van der Waals surface area contributed by atoms with Gasteiger partial charge < -0.3 is 4.57 Å². The predicted octanol–water partition coefficient (Wildman–Crippen LogP) is 7.83. The molecule has 0 fully saturated rings. The first kappa shape index (κ1) is 26.2. The van der Waals surface area contributed by atoms with Gasteiger partial charge in [0.15, 0.2) is 8.07 Å². The van der Waals surface area contributed by atoms with E-state index < -0.39 is 8.07 Å². The summed E-state index contributed by atoms with van der Waals surface area (Å²) in [5.74, 6) is 0. The summed E-state index contributed by atoms with van der Waals surface area (Å²) in [6, 6.07) is 69.1. The van der Waals surface area contributed by atoms with E-state index in [4.69, 9.17) is 0 Å². The molecule has 0 atom stereocenters. The molecule has 0 aliphatic rings. The molecule has 44 heavy (non-hydrogen) atoms. The van der Waals surface area contributed by atoms with Gasteiger partial charge in [0.2, 0.25) is 0 Å². The van der Waals surface area contributed by atoms with Crippen molar-refractivity contribution in [2.75, 3.05) is 0 Å². The SMILES string of the molecule is c1ccc([Si](c2ccccc2)(c2ccccc2)c2cccc(-c3ccc(-n4c5ccccc5c5ccccc54)cc3)c2)cc1. The number of aromatic nitrogens is 1. The summed E-state index contributed by atoms with van der Waals surface area (Å²) >= 11 is 0. The molecule has 1 aromatic heterocycles. The summed E-state index contributed by atoms with van der Waals surface area (Å²) in [7, 11) is -2.58. The quantitative estimate of drug-likeness (QED) is 0.140. The molecule has 0 N–H and O–H groups in total. The molecule has 208 valence electrons. The number of hydrogen-bond donors (Lipinski definition) is 0. The van der Waals surface area contributed by atoms with Crippen LogP contribution in [0.15, 0.2) is 188 Å². The fraction of sp³-hybridized carbons (Fsp3) is 0. The maximum absolute atomic E-state index is 2.58. The largest absolute Gasteiger partial charge is 0.309 e. The third-order valence-corrected chi connectivity index (χ3v) is 13.7. The maximum atomic E-state index is 2.44. The molecule has 2 heteroatoms. The summed E-state index contributed by atoms with van der Waals surface area (Å²) in [5, 5.41) is 8.10. The fourth-order valence-electron chi connectivity index (χ4n) is 7.00. The van der Waals surface area contributed by atoms with Crippen LogP contribution in [0.3, 0.4) is 0 Å². The van der Waals surface area contributed by atoms with E-state index in [9.17, 15) is 0 Å². The van der Waals surface area contributed by atoms with Crippen molar-refractivity contribution in [1.82, 2.24) is 4.57 Å². The number of fused-ring (bicyclic) bond motifs is 3. The molecule has 0 amide bonds. The minimum absolute atomic E-state index is 1.17. The van der Waals surface area contributed by atoms with Crippen molar-refractivity contribution in [3.8, 4) is 16.8 Å². The van der Waals surface area contributed by atoms with E-state index in [1.165, 1.54) is 59.4 Å². The fourth-order valence-corrected chi connectivity index (χ4v) is 11.8. The Labute approximate surface area is 259 Å². The van der Waals surface area contributed by atoms with Crippen molar-refractivity contribution >= 4 is 50.6 Å². The summed E-state index contributed by atoms with van der Waals surface area (Å²) in [6.45, 7) is 0. The molecule has 8 rings (SSSR count). The molecular weight excluding hydrogens is 547 g/mol. The van der Waals surface area contributed by atoms with Crippen LogP contribution in [0.1, 0.15) is 0 Å². The number of nitrogens with zero attached hydrogens (tertiary/aromatic N) is 1. The van der Waals surface area contributed by atoms with Crippen LogP contribution in [0.5, 0.6) is 0 Å². The second kappa shape index (κ2) is 11.0. The van der Waals surface area contributed by atoms with Crippen molar-refractivity contribution < 1.29 is 0 Å². The molecule has 8 aromatic rings. The Bertz CT molecular complexity index is 2050. The smallest absolute Gasteiger partial charge is 0.179 e. The van der Waals surface area contributed by atoms with Gasteiger partial charge in [0, 0.05) is 16.5 Å². The Hall–Kier alpha value is -5.44. The molecule has 0 spiro atoms. The van der Waals surface area contributed by atoms with Crippen LogP contribution >= 0.6 is 0 Å². The Morgan fingerprint density at radius 1 is 0.318 bits per heavy atom. The molecular formula is C42H31NSi. The van der Waals surface area contributed by atoms with Gasteiger partial charge in [-0.15, -0.1) is 0 Å². The number of rotatable bonds is 6. The molecule has 1 nitrogen and oxygen atoms in total. The van der Waals surface area contributed by atoms with Gasteiger partial charge in [-0.05, 0) is 56.1 Å². The summed E-state index contributed by atoms with van der Waals surface area (Å²) in [5.41, 5.74) is 6.08. The van der Waals surface area contributed by atoms with Crippen molar-refractivity contribution in [1.29, 1.82) is 0 Å². The highest BCUT2D eigenvalue weighted by atomic mass is 28.3. The maximum Gasteiger partial charge on any atom is 0.179 e. The predicted molar refractivity (Wildman–Crippen MR) is 190 cm³/mol. The summed E-state index contributed by atoms with van der Waals surface area (Å²) in [4.78, 5) is 0. The molecule has 1 heterocycles. The Morgan fingerprint density at radius 3 is 1.25 bits per heavy atom. The van der Waals surface area contributed by atoms with Crippen molar-refractivity contribution in [2.45, 2.75) is 0 Å². The average molecular weight is 578 g/mol. The highest BCUT2D eigenvalue weighted by Crippen LogP contribution is 2.32. The first-order valence-electron chi connectivity index (χ1n) is 15.2. The molecule has 0 aliphatic heterocycles. The minimum Gasteiger partial charge on any atom is -0.309 e. The van der Waals surface area contributed by atoms with Crippen LogP contribution in [0, 0.1) is 0 Å². The normalized spacial score (nSPS) is 11.6. The van der Waals surface area contributed by atoms with Gasteiger partial charge in [-0.3, -0.25) is 0 Å². The van der Waals surface area contributed by atoms with E-state index in [1.54, 1.807) is 0 Å². The molecule has 0 bridgehead atoms. The first-order chi connectivity index (χ1) is 21.8. The number of para-hydroxylation sites is 2. The highest BCUT2D eigenvalue weighted by Gasteiger charge is 2.41. The van der Waals surface area contributed by atoms with Crippen molar-refractivity contribution in [3.05, 3.63) is 188 Å². The summed E-state index contributed by atoms with van der Waals surface area (Å²) < 4.78 is 2.38. The van der Waals surface area contributed by atoms with Crippen LogP contribution < -0.4 is 20.7 Å². The Morgan fingerprint density at radius 2 is 0.750 bits per heavy atom. The topological polar surface area (TPSA) is 4.93 Å². The van der Waals surface area contributed by atoms with E-state index in [2.05, 4.69) is 193 Å². The second-order valence-electron chi connectivity index (χ2n) is 11.3. The van der Waals surface area contributed by atoms with E-state index in [0.717, 1.165) is 0 Å². The van der Waals surface area contributed by atoms with Crippen molar-refractivity contribution in [2.24, 2.45) is 0 Å². The monoisotopic (exact) mass is 577 g/mol. The van der Waals surface area contributed by atoms with Gasteiger partial charge in [-0.25, -0.2) is 0 Å². The minimum atomic E-state index is -2.58. The van der Waals surface area contributed by atoms with Crippen LogP contribution in [-0.4, -0.2) is 12.6 Å². The standard InChI is InChI=1S/C42H31NSi/c1-4-16-35(17-5-1)44(36-18-6-2-7-19-36,37-20-8-3-9-21-37)38-22-14-15-33(31-38)32-27-29-34(30-28-32)43-41-25-12-10-23-39(41)40-24-11-13-26-42(40)43/h1-31H. The lowest BCUT2D eigenvalue weighted by Crippen LogP contribution is -2.74. The zero-order valence-corrected chi connectivity index (χ0v) is 25.3.